The highest BCUT2D eigenvalue weighted by molar-refractivity contribution is 9.10. The zero-order valence-electron chi connectivity index (χ0n) is 11.9. The van der Waals surface area contributed by atoms with Crippen LogP contribution in [0.1, 0.15) is 48.9 Å². The summed E-state index contributed by atoms with van der Waals surface area (Å²) in [5, 5.41) is 22.9. The Morgan fingerprint density at radius 3 is 2.65 bits per heavy atom. The van der Waals surface area contributed by atoms with Crippen molar-refractivity contribution in [2.45, 2.75) is 39.2 Å². The minimum atomic E-state index is -0.781. The van der Waals surface area contributed by atoms with Crippen LogP contribution in [0.5, 0.6) is 5.75 Å². The number of hydrogen-bond acceptors (Lipinski definition) is 3. The standard InChI is InChI=1S/C15H20BrNO3/c1-7(2)10-5-11(16)8(3)13(14(10)18)12-4-9(6-17-12)15(19)20/h5,7,9,12,17-18H,4,6H2,1-3H3,(H,19,20). The van der Waals surface area contributed by atoms with E-state index in [-0.39, 0.29) is 17.9 Å². The van der Waals surface area contributed by atoms with Gasteiger partial charge in [0.25, 0.3) is 0 Å². The Hall–Kier alpha value is -1.07. The van der Waals surface area contributed by atoms with Gasteiger partial charge in [-0.2, -0.15) is 0 Å². The summed E-state index contributed by atoms with van der Waals surface area (Å²) in [6.07, 6.45) is 0.512. The lowest BCUT2D eigenvalue weighted by atomic mass is 9.90. The fourth-order valence-electron chi connectivity index (χ4n) is 2.79. The molecule has 0 amide bonds. The van der Waals surface area contributed by atoms with Gasteiger partial charge in [-0.1, -0.05) is 29.8 Å². The molecule has 1 aromatic rings. The van der Waals surface area contributed by atoms with Gasteiger partial charge in [-0.05, 0) is 36.5 Å². The van der Waals surface area contributed by atoms with E-state index in [1.807, 2.05) is 26.8 Å². The van der Waals surface area contributed by atoms with Crippen LogP contribution in [0.15, 0.2) is 10.5 Å². The number of hydrogen-bond donors (Lipinski definition) is 3. The van der Waals surface area contributed by atoms with Gasteiger partial charge in [0.05, 0.1) is 5.92 Å². The monoisotopic (exact) mass is 341 g/mol. The van der Waals surface area contributed by atoms with Gasteiger partial charge < -0.3 is 15.5 Å². The number of rotatable bonds is 3. The van der Waals surface area contributed by atoms with Gasteiger partial charge in [-0.3, -0.25) is 4.79 Å². The van der Waals surface area contributed by atoms with Crippen molar-refractivity contribution in [1.82, 2.24) is 5.32 Å². The van der Waals surface area contributed by atoms with E-state index in [0.29, 0.717) is 18.7 Å². The van der Waals surface area contributed by atoms with E-state index >= 15 is 0 Å². The van der Waals surface area contributed by atoms with E-state index in [2.05, 4.69) is 21.2 Å². The molecule has 1 fully saturated rings. The Kier molecular flexibility index (Phi) is 4.39. The van der Waals surface area contributed by atoms with Gasteiger partial charge in [0.15, 0.2) is 0 Å². The summed E-state index contributed by atoms with van der Waals surface area (Å²) >= 11 is 3.54. The maximum Gasteiger partial charge on any atom is 0.307 e. The van der Waals surface area contributed by atoms with E-state index in [0.717, 1.165) is 21.2 Å². The summed E-state index contributed by atoms with van der Waals surface area (Å²) in [4.78, 5) is 11.1. The number of aliphatic carboxylic acids is 1. The molecular weight excluding hydrogens is 322 g/mol. The number of phenols is 1. The van der Waals surface area contributed by atoms with Crippen LogP contribution in [0.25, 0.3) is 0 Å². The number of nitrogens with one attached hydrogen (secondary N) is 1. The zero-order chi connectivity index (χ0) is 15.0. The predicted molar refractivity (Wildman–Crippen MR) is 81.1 cm³/mol. The molecule has 110 valence electrons. The number of aromatic hydroxyl groups is 1. The lowest BCUT2D eigenvalue weighted by molar-refractivity contribution is -0.141. The third kappa shape index (κ3) is 2.69. The van der Waals surface area contributed by atoms with Crippen LogP contribution in [-0.2, 0) is 4.79 Å². The molecule has 4 nitrogen and oxygen atoms in total. The molecule has 0 saturated carbocycles. The molecule has 1 heterocycles. The second-order valence-corrected chi connectivity index (χ2v) is 6.58. The van der Waals surface area contributed by atoms with Crippen LogP contribution in [-0.4, -0.2) is 22.7 Å². The van der Waals surface area contributed by atoms with Gasteiger partial charge in [-0.25, -0.2) is 0 Å². The van der Waals surface area contributed by atoms with Crippen LogP contribution in [0.3, 0.4) is 0 Å². The van der Waals surface area contributed by atoms with Crippen molar-refractivity contribution in [2.24, 2.45) is 5.92 Å². The Balaban J connectivity index is 2.44. The summed E-state index contributed by atoms with van der Waals surface area (Å²) in [6.45, 7) is 6.45. The molecule has 0 spiro atoms. The van der Waals surface area contributed by atoms with Gasteiger partial charge in [0.2, 0.25) is 0 Å². The van der Waals surface area contributed by atoms with Crippen LogP contribution in [0.2, 0.25) is 0 Å². The largest absolute Gasteiger partial charge is 0.507 e. The molecule has 0 bridgehead atoms. The minimum absolute atomic E-state index is 0.105. The first-order valence-electron chi connectivity index (χ1n) is 6.81. The van der Waals surface area contributed by atoms with E-state index in [4.69, 9.17) is 5.11 Å². The van der Waals surface area contributed by atoms with E-state index < -0.39 is 5.97 Å². The zero-order valence-corrected chi connectivity index (χ0v) is 13.5. The van der Waals surface area contributed by atoms with E-state index in [1.165, 1.54) is 0 Å². The third-order valence-corrected chi connectivity index (χ3v) is 4.85. The summed E-state index contributed by atoms with van der Waals surface area (Å²) in [5.74, 6) is -0.664. The third-order valence-electron chi connectivity index (χ3n) is 4.02. The fraction of sp³-hybridized carbons (Fsp3) is 0.533. The Labute approximate surface area is 127 Å². The van der Waals surface area contributed by atoms with E-state index in [1.54, 1.807) is 0 Å². The predicted octanol–water partition coefficient (Wildman–Crippen LogP) is 3.32. The molecule has 0 aromatic heterocycles. The van der Waals surface area contributed by atoms with Crippen molar-refractivity contribution in [3.63, 3.8) is 0 Å². The molecule has 0 radical (unpaired) electrons. The minimum Gasteiger partial charge on any atom is -0.507 e. The number of carboxylic acids is 1. The maximum atomic E-state index is 11.1. The summed E-state index contributed by atoms with van der Waals surface area (Å²) in [5.41, 5.74) is 2.68. The van der Waals surface area contributed by atoms with Gasteiger partial charge in [-0.15, -0.1) is 0 Å². The van der Waals surface area contributed by atoms with Crippen molar-refractivity contribution >= 4 is 21.9 Å². The first-order valence-corrected chi connectivity index (χ1v) is 7.60. The van der Waals surface area contributed by atoms with Gasteiger partial charge in [0, 0.05) is 22.6 Å². The molecular formula is C15H20BrNO3. The molecule has 3 N–H and O–H groups in total. The fourth-order valence-corrected chi connectivity index (χ4v) is 3.25. The number of halogens is 1. The average molecular weight is 342 g/mol. The number of carbonyl (C=O) groups is 1. The maximum absolute atomic E-state index is 11.1. The van der Waals surface area contributed by atoms with Crippen LogP contribution < -0.4 is 5.32 Å². The molecule has 1 aromatic carbocycles. The molecule has 0 aliphatic carbocycles. The van der Waals surface area contributed by atoms with Crippen molar-refractivity contribution in [1.29, 1.82) is 0 Å². The van der Waals surface area contributed by atoms with E-state index in [9.17, 15) is 9.90 Å². The SMILES string of the molecule is Cc1c(Br)cc(C(C)C)c(O)c1C1CC(C(=O)O)CN1. The first-order chi connectivity index (χ1) is 9.32. The lowest BCUT2D eigenvalue weighted by Gasteiger charge is -2.21. The van der Waals surface area contributed by atoms with Crippen molar-refractivity contribution < 1.29 is 15.0 Å². The highest BCUT2D eigenvalue weighted by Gasteiger charge is 2.33. The van der Waals surface area contributed by atoms with Gasteiger partial charge >= 0.3 is 5.97 Å². The number of benzene rings is 1. The molecule has 1 aliphatic heterocycles. The molecule has 20 heavy (non-hydrogen) atoms. The average Bonchev–Trinajstić information content (AvgIpc) is 2.83. The Morgan fingerprint density at radius 1 is 1.50 bits per heavy atom. The van der Waals surface area contributed by atoms with Crippen LogP contribution in [0.4, 0.5) is 0 Å². The van der Waals surface area contributed by atoms with Crippen molar-refractivity contribution in [3.8, 4) is 5.75 Å². The van der Waals surface area contributed by atoms with Crippen molar-refractivity contribution in [3.05, 3.63) is 27.2 Å². The van der Waals surface area contributed by atoms with Crippen molar-refractivity contribution in [2.75, 3.05) is 6.54 Å². The summed E-state index contributed by atoms with van der Waals surface area (Å²) in [7, 11) is 0. The molecule has 2 atom stereocenters. The summed E-state index contributed by atoms with van der Waals surface area (Å²) in [6, 6.07) is 1.84. The first kappa shape index (κ1) is 15.3. The molecule has 1 aliphatic rings. The van der Waals surface area contributed by atoms with Gasteiger partial charge in [0.1, 0.15) is 5.75 Å². The van der Waals surface area contributed by atoms with Crippen LogP contribution in [0, 0.1) is 12.8 Å². The summed E-state index contributed by atoms with van der Waals surface area (Å²) < 4.78 is 0.953. The molecule has 5 heteroatoms. The normalized spacial score (nSPS) is 22.4. The number of carboxylic acid groups (broad SMARTS) is 1. The molecule has 2 unspecified atom stereocenters. The smallest absolute Gasteiger partial charge is 0.307 e. The lowest BCUT2D eigenvalue weighted by Crippen LogP contribution is -2.18. The van der Waals surface area contributed by atoms with Crippen LogP contribution >= 0.6 is 15.9 Å². The number of phenolic OH excluding ortho intramolecular Hbond substituents is 1. The second-order valence-electron chi connectivity index (χ2n) is 5.72. The highest BCUT2D eigenvalue weighted by atomic mass is 79.9. The molecule has 1 saturated heterocycles. The Morgan fingerprint density at radius 2 is 2.15 bits per heavy atom. The highest BCUT2D eigenvalue weighted by Crippen LogP contribution is 2.42. The second kappa shape index (κ2) is 5.74. The topological polar surface area (TPSA) is 69.6 Å². The molecule has 2 rings (SSSR count). The quantitative estimate of drug-likeness (QED) is 0.788. The Bertz CT molecular complexity index is 542.